The lowest BCUT2D eigenvalue weighted by Gasteiger charge is -2.04. The molecule has 1 saturated carbocycles. The van der Waals surface area contributed by atoms with Crippen molar-refractivity contribution in [1.82, 2.24) is 15.6 Å². The van der Waals surface area contributed by atoms with Crippen molar-refractivity contribution in [3.05, 3.63) is 30.0 Å². The number of nitrogen functional groups attached to an aromatic ring is 1. The number of carbonyl (C=O) groups is 1. The molecule has 2 heterocycles. The molecule has 0 aromatic carbocycles. The summed E-state index contributed by atoms with van der Waals surface area (Å²) in [6.45, 7) is 3.08. The number of hydrogen-bond acceptors (Lipinski definition) is 4. The lowest BCUT2D eigenvalue weighted by Crippen LogP contribution is -2.24. The summed E-state index contributed by atoms with van der Waals surface area (Å²) in [5.41, 5.74) is 6.37. The van der Waals surface area contributed by atoms with Gasteiger partial charge in [-0.2, -0.15) is 0 Å². The summed E-state index contributed by atoms with van der Waals surface area (Å²) in [7, 11) is 0. The second kappa shape index (κ2) is 5.63. The Hall–Kier alpha value is -1.88. The largest absolute Gasteiger partial charge is 0.384 e. The maximum atomic E-state index is 11.7. The smallest absolute Gasteiger partial charge is 0.244 e. The van der Waals surface area contributed by atoms with E-state index in [1.54, 1.807) is 24.4 Å². The lowest BCUT2D eigenvalue weighted by atomic mass is 10.2. The van der Waals surface area contributed by atoms with Crippen LogP contribution in [0.25, 0.3) is 6.08 Å². The van der Waals surface area contributed by atoms with Gasteiger partial charge < -0.3 is 16.4 Å². The molecule has 1 aliphatic carbocycles. The fourth-order valence-electron chi connectivity index (χ4n) is 3.08. The summed E-state index contributed by atoms with van der Waals surface area (Å²) >= 11 is 0. The van der Waals surface area contributed by atoms with E-state index in [-0.39, 0.29) is 5.91 Å². The van der Waals surface area contributed by atoms with E-state index >= 15 is 0 Å². The van der Waals surface area contributed by atoms with E-state index < -0.39 is 0 Å². The molecule has 2 aliphatic rings. The highest BCUT2D eigenvalue weighted by molar-refractivity contribution is 5.91. The molecule has 1 aliphatic heterocycles. The summed E-state index contributed by atoms with van der Waals surface area (Å²) in [6.07, 6.45) is 6.04. The standard InChI is InChI=1S/C15H20N4O/c16-14-3-1-10(7-19-14)2-4-15(20)18-6-5-11-12-8-17-9-13(11)12/h1-4,7,11-13,17H,5-6,8-9H2,(H2,16,19)(H,18,20)/b4-2+. The molecular weight excluding hydrogens is 252 g/mol. The first-order valence-electron chi connectivity index (χ1n) is 7.12. The fourth-order valence-corrected chi connectivity index (χ4v) is 3.08. The molecule has 1 saturated heterocycles. The molecule has 2 unspecified atom stereocenters. The van der Waals surface area contributed by atoms with Gasteiger partial charge in [0.15, 0.2) is 0 Å². The molecule has 2 fully saturated rings. The lowest BCUT2D eigenvalue weighted by molar-refractivity contribution is -0.116. The van der Waals surface area contributed by atoms with E-state index in [2.05, 4.69) is 15.6 Å². The summed E-state index contributed by atoms with van der Waals surface area (Å²) in [5.74, 6) is 2.98. The Kier molecular flexibility index (Phi) is 3.69. The Morgan fingerprint density at radius 2 is 2.25 bits per heavy atom. The molecular formula is C15H20N4O. The molecule has 3 rings (SSSR count). The minimum atomic E-state index is -0.0502. The molecule has 1 aromatic rings. The number of pyridine rings is 1. The molecule has 5 heteroatoms. The number of anilines is 1. The van der Waals surface area contributed by atoms with Gasteiger partial charge in [0.05, 0.1) is 0 Å². The zero-order valence-corrected chi connectivity index (χ0v) is 11.4. The third-order valence-corrected chi connectivity index (χ3v) is 4.28. The van der Waals surface area contributed by atoms with E-state index in [1.807, 2.05) is 6.07 Å². The van der Waals surface area contributed by atoms with E-state index in [0.717, 1.165) is 49.4 Å². The van der Waals surface area contributed by atoms with Crippen molar-refractivity contribution >= 4 is 17.8 Å². The molecule has 1 aromatic heterocycles. The van der Waals surface area contributed by atoms with Gasteiger partial charge in [-0.15, -0.1) is 0 Å². The number of nitrogens with zero attached hydrogens (tertiary/aromatic N) is 1. The van der Waals surface area contributed by atoms with Crippen LogP contribution in [0.1, 0.15) is 12.0 Å². The van der Waals surface area contributed by atoms with Crippen LogP contribution in [0.5, 0.6) is 0 Å². The fraction of sp³-hybridized carbons (Fsp3) is 0.467. The van der Waals surface area contributed by atoms with Crippen LogP contribution in [0.4, 0.5) is 5.82 Å². The van der Waals surface area contributed by atoms with Gasteiger partial charge in [0.25, 0.3) is 0 Å². The Morgan fingerprint density at radius 1 is 1.45 bits per heavy atom. The molecule has 20 heavy (non-hydrogen) atoms. The van der Waals surface area contributed by atoms with Crippen molar-refractivity contribution in [3.63, 3.8) is 0 Å². The number of rotatable bonds is 5. The van der Waals surface area contributed by atoms with Crippen LogP contribution in [-0.2, 0) is 4.79 Å². The van der Waals surface area contributed by atoms with Gasteiger partial charge in [0.1, 0.15) is 5.82 Å². The highest BCUT2D eigenvalue weighted by atomic mass is 16.1. The van der Waals surface area contributed by atoms with E-state index in [9.17, 15) is 4.79 Å². The molecule has 4 N–H and O–H groups in total. The van der Waals surface area contributed by atoms with Crippen molar-refractivity contribution in [2.24, 2.45) is 17.8 Å². The summed E-state index contributed by atoms with van der Waals surface area (Å²) < 4.78 is 0. The molecule has 5 nitrogen and oxygen atoms in total. The zero-order valence-electron chi connectivity index (χ0n) is 11.4. The van der Waals surface area contributed by atoms with Crippen LogP contribution in [-0.4, -0.2) is 30.5 Å². The quantitative estimate of drug-likeness (QED) is 0.688. The molecule has 2 atom stereocenters. The average Bonchev–Trinajstić information content (AvgIpc) is 2.88. The minimum Gasteiger partial charge on any atom is -0.384 e. The van der Waals surface area contributed by atoms with Gasteiger partial charge in [0, 0.05) is 18.8 Å². The first kappa shape index (κ1) is 13.1. The zero-order chi connectivity index (χ0) is 13.9. The van der Waals surface area contributed by atoms with E-state index in [4.69, 9.17) is 5.73 Å². The predicted octanol–water partition coefficient (Wildman–Crippen LogP) is 0.649. The average molecular weight is 272 g/mol. The van der Waals surface area contributed by atoms with Crippen molar-refractivity contribution in [2.75, 3.05) is 25.4 Å². The maximum Gasteiger partial charge on any atom is 0.244 e. The molecule has 0 spiro atoms. The monoisotopic (exact) mass is 272 g/mol. The van der Waals surface area contributed by atoms with Crippen LogP contribution < -0.4 is 16.4 Å². The minimum absolute atomic E-state index is 0.0502. The molecule has 106 valence electrons. The SMILES string of the molecule is Nc1ccc(/C=C/C(=O)NCCC2C3CNCC23)cn1. The normalized spacial score (nSPS) is 27.5. The van der Waals surface area contributed by atoms with Gasteiger partial charge in [-0.3, -0.25) is 4.79 Å². The Morgan fingerprint density at radius 3 is 2.95 bits per heavy atom. The van der Waals surface area contributed by atoms with Crippen molar-refractivity contribution in [3.8, 4) is 0 Å². The van der Waals surface area contributed by atoms with Gasteiger partial charge >= 0.3 is 0 Å². The topological polar surface area (TPSA) is 80.0 Å². The highest BCUT2D eigenvalue weighted by Gasteiger charge is 2.51. The van der Waals surface area contributed by atoms with Crippen LogP contribution in [0.3, 0.4) is 0 Å². The number of piperidine rings is 1. The predicted molar refractivity (Wildman–Crippen MR) is 78.6 cm³/mol. The second-order valence-electron chi connectivity index (χ2n) is 5.58. The number of hydrogen-bond donors (Lipinski definition) is 3. The third kappa shape index (κ3) is 2.99. The van der Waals surface area contributed by atoms with Gasteiger partial charge in [-0.1, -0.05) is 0 Å². The Balaban J connectivity index is 1.38. The summed E-state index contributed by atoms with van der Waals surface area (Å²) in [6, 6.07) is 3.56. The maximum absolute atomic E-state index is 11.7. The van der Waals surface area contributed by atoms with E-state index in [0.29, 0.717) is 5.82 Å². The van der Waals surface area contributed by atoms with Crippen LogP contribution >= 0.6 is 0 Å². The van der Waals surface area contributed by atoms with Gasteiger partial charge in [-0.05, 0) is 61.0 Å². The molecule has 0 radical (unpaired) electrons. The third-order valence-electron chi connectivity index (χ3n) is 4.28. The Bertz CT molecular complexity index is 501. The molecule has 1 amide bonds. The number of carbonyl (C=O) groups excluding carboxylic acids is 1. The summed E-state index contributed by atoms with van der Waals surface area (Å²) in [5, 5.41) is 6.31. The van der Waals surface area contributed by atoms with Crippen molar-refractivity contribution < 1.29 is 4.79 Å². The number of fused-ring (bicyclic) bond motifs is 1. The van der Waals surface area contributed by atoms with Gasteiger partial charge in [-0.25, -0.2) is 4.98 Å². The van der Waals surface area contributed by atoms with Crippen LogP contribution in [0, 0.1) is 17.8 Å². The van der Waals surface area contributed by atoms with Crippen LogP contribution in [0.15, 0.2) is 24.4 Å². The van der Waals surface area contributed by atoms with Crippen molar-refractivity contribution in [2.45, 2.75) is 6.42 Å². The van der Waals surface area contributed by atoms with Crippen LogP contribution in [0.2, 0.25) is 0 Å². The number of nitrogens with two attached hydrogens (primary N) is 1. The number of amides is 1. The number of nitrogens with one attached hydrogen (secondary N) is 2. The van der Waals surface area contributed by atoms with E-state index in [1.165, 1.54) is 0 Å². The summed E-state index contributed by atoms with van der Waals surface area (Å²) in [4.78, 5) is 15.6. The number of aromatic nitrogens is 1. The highest BCUT2D eigenvalue weighted by Crippen LogP contribution is 2.50. The second-order valence-corrected chi connectivity index (χ2v) is 5.58. The Labute approximate surface area is 118 Å². The first-order chi connectivity index (χ1) is 9.74. The van der Waals surface area contributed by atoms with Gasteiger partial charge in [0.2, 0.25) is 5.91 Å². The van der Waals surface area contributed by atoms with Crippen molar-refractivity contribution in [1.29, 1.82) is 0 Å². The first-order valence-corrected chi connectivity index (χ1v) is 7.12. The molecule has 0 bridgehead atoms.